The van der Waals surface area contributed by atoms with E-state index in [9.17, 15) is 4.79 Å². The lowest BCUT2D eigenvalue weighted by atomic mass is 10.0. The summed E-state index contributed by atoms with van der Waals surface area (Å²) in [5.41, 5.74) is 3.62. The van der Waals surface area contributed by atoms with Crippen molar-refractivity contribution in [3.05, 3.63) is 64.8 Å². The van der Waals surface area contributed by atoms with Gasteiger partial charge in [-0.05, 0) is 43.0 Å². The maximum absolute atomic E-state index is 12.7. The van der Waals surface area contributed by atoms with Gasteiger partial charge < -0.3 is 9.97 Å². The number of nitrogens with zero attached hydrogens (tertiary/aromatic N) is 2. The molecule has 0 amide bonds. The van der Waals surface area contributed by atoms with Crippen LogP contribution in [0.25, 0.3) is 22.1 Å². The summed E-state index contributed by atoms with van der Waals surface area (Å²) in [4.78, 5) is 23.8. The highest BCUT2D eigenvalue weighted by atomic mass is 16.1. The molecule has 0 radical (unpaired) electrons. The van der Waals surface area contributed by atoms with E-state index >= 15 is 0 Å². The van der Waals surface area contributed by atoms with Crippen molar-refractivity contribution in [2.45, 2.75) is 32.7 Å². The molecule has 0 aliphatic heterocycles. The SMILES string of the molecule is CC(C)CCC(c1nc2ccccc2[nH]1)n1c(=O)[nH]c2ccccc21. The van der Waals surface area contributed by atoms with Crippen LogP contribution in [0.1, 0.15) is 38.6 Å². The van der Waals surface area contributed by atoms with Crippen LogP contribution in [0.2, 0.25) is 0 Å². The first-order chi connectivity index (χ1) is 12.1. The van der Waals surface area contributed by atoms with Gasteiger partial charge in [-0.1, -0.05) is 38.1 Å². The monoisotopic (exact) mass is 334 g/mol. The molecule has 4 rings (SSSR count). The minimum atomic E-state index is -0.113. The number of nitrogens with one attached hydrogen (secondary N) is 2. The fourth-order valence-corrected chi connectivity index (χ4v) is 3.39. The highest BCUT2D eigenvalue weighted by Crippen LogP contribution is 2.27. The summed E-state index contributed by atoms with van der Waals surface area (Å²) in [7, 11) is 0. The summed E-state index contributed by atoms with van der Waals surface area (Å²) < 4.78 is 1.84. The van der Waals surface area contributed by atoms with Gasteiger partial charge in [0.1, 0.15) is 5.82 Å². The van der Waals surface area contributed by atoms with Crippen LogP contribution >= 0.6 is 0 Å². The molecule has 25 heavy (non-hydrogen) atoms. The lowest BCUT2D eigenvalue weighted by Gasteiger charge is -2.18. The Bertz CT molecular complexity index is 1040. The Hall–Kier alpha value is -2.82. The molecule has 128 valence electrons. The predicted octanol–water partition coefficient (Wildman–Crippen LogP) is 4.23. The van der Waals surface area contributed by atoms with Crippen LogP contribution in [0, 0.1) is 5.92 Å². The van der Waals surface area contributed by atoms with E-state index in [1.807, 2.05) is 53.1 Å². The van der Waals surface area contributed by atoms with Crippen LogP contribution in [-0.4, -0.2) is 19.5 Å². The molecule has 5 nitrogen and oxygen atoms in total. The van der Waals surface area contributed by atoms with Gasteiger partial charge in [0.05, 0.1) is 28.1 Å². The highest BCUT2D eigenvalue weighted by Gasteiger charge is 2.22. The van der Waals surface area contributed by atoms with Gasteiger partial charge in [-0.25, -0.2) is 9.78 Å². The number of aromatic nitrogens is 4. The van der Waals surface area contributed by atoms with Crippen molar-refractivity contribution in [1.29, 1.82) is 0 Å². The molecule has 1 atom stereocenters. The first kappa shape index (κ1) is 15.7. The average molecular weight is 334 g/mol. The van der Waals surface area contributed by atoms with Crippen molar-refractivity contribution in [3.8, 4) is 0 Å². The van der Waals surface area contributed by atoms with Gasteiger partial charge in [-0.15, -0.1) is 0 Å². The van der Waals surface area contributed by atoms with Crippen LogP contribution < -0.4 is 5.69 Å². The number of aromatic amines is 2. The van der Waals surface area contributed by atoms with E-state index in [1.54, 1.807) is 0 Å². The van der Waals surface area contributed by atoms with Gasteiger partial charge in [0.25, 0.3) is 0 Å². The van der Waals surface area contributed by atoms with Gasteiger partial charge in [0.2, 0.25) is 0 Å². The molecule has 2 heterocycles. The Morgan fingerprint density at radius 3 is 2.44 bits per heavy atom. The number of hydrogen-bond donors (Lipinski definition) is 2. The molecular weight excluding hydrogens is 312 g/mol. The van der Waals surface area contributed by atoms with Crippen molar-refractivity contribution >= 4 is 22.1 Å². The Labute approximate surface area is 145 Å². The zero-order chi connectivity index (χ0) is 17.4. The number of imidazole rings is 2. The molecule has 0 aliphatic carbocycles. The molecule has 4 aromatic rings. The molecule has 0 saturated heterocycles. The topological polar surface area (TPSA) is 66.5 Å². The minimum absolute atomic E-state index is 0.0876. The third-order valence-electron chi connectivity index (χ3n) is 4.68. The van der Waals surface area contributed by atoms with Crippen molar-refractivity contribution in [3.63, 3.8) is 0 Å². The second-order valence-corrected chi connectivity index (χ2v) is 6.94. The summed E-state index contributed by atoms with van der Waals surface area (Å²) >= 11 is 0. The van der Waals surface area contributed by atoms with Crippen molar-refractivity contribution in [1.82, 2.24) is 19.5 Å². The largest absolute Gasteiger partial charge is 0.340 e. The van der Waals surface area contributed by atoms with E-state index in [2.05, 4.69) is 23.8 Å². The smallest absolute Gasteiger partial charge is 0.327 e. The third-order valence-corrected chi connectivity index (χ3v) is 4.68. The summed E-state index contributed by atoms with van der Waals surface area (Å²) in [6, 6.07) is 15.7. The molecule has 5 heteroatoms. The molecule has 0 spiro atoms. The van der Waals surface area contributed by atoms with Crippen molar-refractivity contribution in [2.24, 2.45) is 5.92 Å². The molecular formula is C20H22N4O. The fraction of sp³-hybridized carbons (Fsp3) is 0.300. The lowest BCUT2D eigenvalue weighted by molar-refractivity contribution is 0.448. The average Bonchev–Trinajstić information content (AvgIpc) is 3.16. The van der Waals surface area contributed by atoms with Crippen LogP contribution in [0.5, 0.6) is 0 Å². The Kier molecular flexibility index (Phi) is 3.92. The summed E-state index contributed by atoms with van der Waals surface area (Å²) in [6.45, 7) is 4.40. The van der Waals surface area contributed by atoms with E-state index in [0.29, 0.717) is 5.92 Å². The van der Waals surface area contributed by atoms with Crippen LogP contribution in [-0.2, 0) is 0 Å². The van der Waals surface area contributed by atoms with Gasteiger partial charge in [-0.2, -0.15) is 0 Å². The maximum Gasteiger partial charge on any atom is 0.327 e. The van der Waals surface area contributed by atoms with Crippen molar-refractivity contribution in [2.75, 3.05) is 0 Å². The molecule has 1 unspecified atom stereocenters. The third kappa shape index (κ3) is 2.86. The fourth-order valence-electron chi connectivity index (χ4n) is 3.39. The van der Waals surface area contributed by atoms with Crippen LogP contribution in [0.3, 0.4) is 0 Å². The van der Waals surface area contributed by atoms with Gasteiger partial charge >= 0.3 is 5.69 Å². The number of hydrogen-bond acceptors (Lipinski definition) is 2. The second-order valence-electron chi connectivity index (χ2n) is 6.94. The number of rotatable bonds is 5. The molecule has 2 aromatic heterocycles. The van der Waals surface area contributed by atoms with E-state index < -0.39 is 0 Å². The summed E-state index contributed by atoms with van der Waals surface area (Å²) in [6.07, 6.45) is 1.88. The molecule has 0 fully saturated rings. The van der Waals surface area contributed by atoms with Gasteiger partial charge in [0, 0.05) is 0 Å². The number of fused-ring (bicyclic) bond motifs is 2. The van der Waals surface area contributed by atoms with Gasteiger partial charge in [0.15, 0.2) is 0 Å². The first-order valence-electron chi connectivity index (χ1n) is 8.77. The normalized spacial score (nSPS) is 13.1. The first-order valence-corrected chi connectivity index (χ1v) is 8.77. The molecule has 0 saturated carbocycles. The van der Waals surface area contributed by atoms with Crippen LogP contribution in [0.15, 0.2) is 53.3 Å². The number of benzene rings is 2. The Balaban J connectivity index is 1.88. The van der Waals surface area contributed by atoms with Crippen molar-refractivity contribution < 1.29 is 0 Å². The van der Waals surface area contributed by atoms with E-state index in [0.717, 1.165) is 40.7 Å². The number of para-hydroxylation sites is 4. The molecule has 0 aliphatic rings. The highest BCUT2D eigenvalue weighted by molar-refractivity contribution is 5.76. The lowest BCUT2D eigenvalue weighted by Crippen LogP contribution is -2.24. The zero-order valence-corrected chi connectivity index (χ0v) is 14.5. The quantitative estimate of drug-likeness (QED) is 0.573. The van der Waals surface area contributed by atoms with E-state index in [1.165, 1.54) is 0 Å². The van der Waals surface area contributed by atoms with Crippen LogP contribution in [0.4, 0.5) is 0 Å². The minimum Gasteiger partial charge on any atom is -0.340 e. The summed E-state index contributed by atoms with van der Waals surface area (Å²) in [5, 5.41) is 0. The summed E-state index contributed by atoms with van der Waals surface area (Å²) in [5.74, 6) is 1.40. The molecule has 2 N–H and O–H groups in total. The van der Waals surface area contributed by atoms with E-state index in [-0.39, 0.29) is 11.7 Å². The predicted molar refractivity (Wildman–Crippen MR) is 101 cm³/mol. The maximum atomic E-state index is 12.7. The van der Waals surface area contributed by atoms with E-state index in [4.69, 9.17) is 4.98 Å². The second kappa shape index (κ2) is 6.24. The Morgan fingerprint density at radius 1 is 0.960 bits per heavy atom. The molecule has 2 aromatic carbocycles. The zero-order valence-electron chi connectivity index (χ0n) is 14.5. The standard InChI is InChI=1S/C20H22N4O/c1-13(2)11-12-18(19-21-14-7-3-4-8-15(14)22-19)24-17-10-6-5-9-16(17)23-20(24)25/h3-10,13,18H,11-12H2,1-2H3,(H,21,22)(H,23,25). The van der Waals surface area contributed by atoms with Gasteiger partial charge in [-0.3, -0.25) is 4.57 Å². The number of H-pyrrole nitrogens is 2. The molecule has 0 bridgehead atoms. The Morgan fingerprint density at radius 2 is 1.68 bits per heavy atom.